The number of esters is 2. The number of aromatic nitrogens is 1. The molecule has 1 aliphatic heterocycles. The van der Waals surface area contributed by atoms with Gasteiger partial charge in [-0.15, -0.1) is 11.8 Å². The minimum absolute atomic E-state index is 0.313. The zero-order chi connectivity index (χ0) is 22.7. The fourth-order valence-electron chi connectivity index (χ4n) is 4.74. The van der Waals surface area contributed by atoms with E-state index in [1.54, 1.807) is 0 Å². The van der Waals surface area contributed by atoms with Crippen LogP contribution in [0.25, 0.3) is 11.3 Å². The molecule has 32 heavy (non-hydrogen) atoms. The number of hydrogen-bond acceptors (Lipinski definition) is 8. The summed E-state index contributed by atoms with van der Waals surface area (Å²) in [6, 6.07) is 7.38. The molecule has 1 aromatic carbocycles. The summed E-state index contributed by atoms with van der Waals surface area (Å²) >= 11 is 1.48. The van der Waals surface area contributed by atoms with Crippen molar-refractivity contribution in [3.8, 4) is 11.3 Å². The van der Waals surface area contributed by atoms with Crippen LogP contribution in [0.1, 0.15) is 44.2 Å². The average Bonchev–Trinajstić information content (AvgIpc) is 3.21. The summed E-state index contributed by atoms with van der Waals surface area (Å²) in [6.07, 6.45) is 7.52. The Morgan fingerprint density at radius 3 is 2.41 bits per heavy atom. The third-order valence-electron chi connectivity index (χ3n) is 5.91. The summed E-state index contributed by atoms with van der Waals surface area (Å²) in [6.45, 7) is 5.84. The lowest BCUT2D eigenvalue weighted by molar-refractivity contribution is -0.254. The van der Waals surface area contributed by atoms with Crippen LogP contribution in [0.4, 0.5) is 0 Å². The number of hydrogen-bond donors (Lipinski definition) is 0. The summed E-state index contributed by atoms with van der Waals surface area (Å²) in [7, 11) is 0. The van der Waals surface area contributed by atoms with Gasteiger partial charge >= 0.3 is 17.7 Å². The molecule has 1 spiro atoms. The molecule has 8 heteroatoms. The van der Waals surface area contributed by atoms with Gasteiger partial charge in [0.25, 0.3) is 0 Å². The van der Waals surface area contributed by atoms with Gasteiger partial charge < -0.3 is 14.0 Å². The highest BCUT2D eigenvalue weighted by Gasteiger charge is 2.55. The molecule has 4 rings (SSSR count). The van der Waals surface area contributed by atoms with Crippen molar-refractivity contribution in [1.29, 1.82) is 0 Å². The standard InChI is InChI=1S/C24H28N2O5S/c1-4-13-26(14-5-2)19-10-9-16-7-6-8-17(18-15-20(32-3)25-31-18)23(16)24(19)29-21(27)11-12-22(28)30-24/h6-8,11-12,15,19H,4-5,9-10,13-14H2,1-3H3. The van der Waals surface area contributed by atoms with E-state index in [1.165, 1.54) is 11.8 Å². The highest BCUT2D eigenvalue weighted by Crippen LogP contribution is 2.48. The van der Waals surface area contributed by atoms with Gasteiger partial charge in [-0.3, -0.25) is 4.90 Å². The van der Waals surface area contributed by atoms with E-state index in [2.05, 4.69) is 23.9 Å². The van der Waals surface area contributed by atoms with Crippen LogP contribution >= 0.6 is 11.8 Å². The fourth-order valence-corrected chi connectivity index (χ4v) is 5.08. The first-order valence-corrected chi connectivity index (χ1v) is 12.3. The second-order valence-electron chi connectivity index (χ2n) is 8.01. The van der Waals surface area contributed by atoms with Gasteiger partial charge in [0, 0.05) is 23.8 Å². The van der Waals surface area contributed by atoms with Crippen molar-refractivity contribution >= 4 is 23.7 Å². The molecule has 7 nitrogen and oxygen atoms in total. The van der Waals surface area contributed by atoms with E-state index in [1.807, 2.05) is 30.5 Å². The van der Waals surface area contributed by atoms with E-state index in [0.717, 1.165) is 60.7 Å². The Hall–Kier alpha value is -2.58. The van der Waals surface area contributed by atoms with E-state index >= 15 is 0 Å². The van der Waals surface area contributed by atoms with Gasteiger partial charge in [0.1, 0.15) is 5.03 Å². The number of fused-ring (bicyclic) bond motifs is 2. The van der Waals surface area contributed by atoms with Crippen molar-refractivity contribution in [1.82, 2.24) is 10.1 Å². The maximum Gasteiger partial charge on any atom is 0.334 e. The van der Waals surface area contributed by atoms with Crippen molar-refractivity contribution in [2.45, 2.75) is 56.4 Å². The Morgan fingerprint density at radius 1 is 1.12 bits per heavy atom. The largest absolute Gasteiger partial charge is 0.413 e. The molecule has 170 valence electrons. The Balaban J connectivity index is 1.94. The van der Waals surface area contributed by atoms with E-state index in [9.17, 15) is 9.59 Å². The number of carbonyl (C=O) groups is 2. The zero-order valence-electron chi connectivity index (χ0n) is 18.6. The van der Waals surface area contributed by atoms with E-state index in [4.69, 9.17) is 14.0 Å². The lowest BCUT2D eigenvalue weighted by Crippen LogP contribution is -2.57. The average molecular weight is 457 g/mol. The summed E-state index contributed by atoms with van der Waals surface area (Å²) in [5, 5.41) is 4.85. The van der Waals surface area contributed by atoms with E-state index < -0.39 is 17.7 Å². The predicted molar refractivity (Wildman–Crippen MR) is 121 cm³/mol. The van der Waals surface area contributed by atoms with E-state index in [0.29, 0.717) is 17.7 Å². The molecule has 0 radical (unpaired) electrons. The van der Waals surface area contributed by atoms with Crippen molar-refractivity contribution in [3.63, 3.8) is 0 Å². The Morgan fingerprint density at radius 2 is 1.81 bits per heavy atom. The summed E-state index contributed by atoms with van der Waals surface area (Å²) in [4.78, 5) is 27.7. The number of benzene rings is 1. The molecule has 0 saturated heterocycles. The second-order valence-corrected chi connectivity index (χ2v) is 8.83. The minimum atomic E-state index is -1.57. The van der Waals surface area contributed by atoms with Gasteiger partial charge in [0.05, 0.1) is 11.6 Å². The Kier molecular flexibility index (Phi) is 6.71. The monoisotopic (exact) mass is 456 g/mol. The molecule has 1 atom stereocenters. The van der Waals surface area contributed by atoms with Gasteiger partial charge in [-0.25, -0.2) is 9.59 Å². The first-order valence-electron chi connectivity index (χ1n) is 11.0. The maximum absolute atomic E-state index is 12.7. The smallest absolute Gasteiger partial charge is 0.334 e. The van der Waals surface area contributed by atoms with Crippen molar-refractivity contribution < 1.29 is 23.6 Å². The van der Waals surface area contributed by atoms with Crippen LogP contribution in [0.15, 0.2) is 46.0 Å². The number of aryl methyl sites for hydroxylation is 1. The summed E-state index contributed by atoms with van der Waals surface area (Å²) in [5.74, 6) is -2.22. The summed E-state index contributed by atoms with van der Waals surface area (Å²) in [5.41, 5.74) is 2.36. The van der Waals surface area contributed by atoms with Gasteiger partial charge in [0.2, 0.25) is 0 Å². The number of thioether (sulfide) groups is 1. The van der Waals surface area contributed by atoms with Gasteiger partial charge in [0.15, 0.2) is 5.76 Å². The molecule has 0 bridgehead atoms. The molecule has 2 aromatic rings. The van der Waals surface area contributed by atoms with Crippen LogP contribution in [0, 0.1) is 0 Å². The fraction of sp³-hybridized carbons (Fsp3) is 0.458. The molecule has 0 fully saturated rings. The molecule has 2 aliphatic rings. The lowest BCUT2D eigenvalue weighted by atomic mass is 9.78. The molecule has 0 N–H and O–H groups in total. The van der Waals surface area contributed by atoms with Gasteiger partial charge in [-0.1, -0.05) is 37.2 Å². The number of carbonyl (C=O) groups excluding carboxylic acids is 2. The SMILES string of the molecule is CCCN(CCC)C1CCc2cccc(-c3cc(SC)no3)c2C12OC(=O)C=CC(=O)O2. The highest BCUT2D eigenvalue weighted by atomic mass is 32.2. The highest BCUT2D eigenvalue weighted by molar-refractivity contribution is 7.98. The molecular weight excluding hydrogens is 428 g/mol. The van der Waals surface area contributed by atoms with Crippen LogP contribution in [0.5, 0.6) is 0 Å². The van der Waals surface area contributed by atoms with Crippen LogP contribution < -0.4 is 0 Å². The first-order chi connectivity index (χ1) is 15.5. The molecule has 0 saturated carbocycles. The molecular formula is C24H28N2O5S. The molecule has 2 heterocycles. The second kappa shape index (κ2) is 9.50. The Bertz CT molecular complexity index is 1010. The van der Waals surface area contributed by atoms with Crippen LogP contribution in [-0.2, 0) is 31.3 Å². The molecule has 1 unspecified atom stereocenters. The van der Waals surface area contributed by atoms with E-state index in [-0.39, 0.29) is 6.04 Å². The minimum Gasteiger partial charge on any atom is -0.413 e. The van der Waals surface area contributed by atoms with Crippen molar-refractivity contribution in [2.75, 3.05) is 19.3 Å². The molecule has 0 amide bonds. The number of rotatable bonds is 7. The van der Waals surface area contributed by atoms with Gasteiger partial charge in [-0.2, -0.15) is 0 Å². The third kappa shape index (κ3) is 4.09. The normalized spacial score (nSPS) is 19.6. The van der Waals surface area contributed by atoms with Crippen LogP contribution in [0.3, 0.4) is 0 Å². The number of nitrogens with zero attached hydrogens (tertiary/aromatic N) is 2. The number of ether oxygens (including phenoxy) is 2. The zero-order valence-corrected chi connectivity index (χ0v) is 19.4. The van der Waals surface area contributed by atoms with Crippen LogP contribution in [0.2, 0.25) is 0 Å². The quantitative estimate of drug-likeness (QED) is 0.450. The Labute approximate surface area is 192 Å². The molecule has 1 aliphatic carbocycles. The summed E-state index contributed by atoms with van der Waals surface area (Å²) < 4.78 is 17.7. The maximum atomic E-state index is 12.7. The van der Waals surface area contributed by atoms with Crippen molar-refractivity contribution in [2.24, 2.45) is 0 Å². The lowest BCUT2D eigenvalue weighted by Gasteiger charge is -2.47. The molecule has 1 aromatic heterocycles. The first kappa shape index (κ1) is 22.6. The topological polar surface area (TPSA) is 81.9 Å². The van der Waals surface area contributed by atoms with Crippen molar-refractivity contribution in [3.05, 3.63) is 47.5 Å². The third-order valence-corrected chi connectivity index (χ3v) is 6.52. The predicted octanol–water partition coefficient (Wildman–Crippen LogP) is 4.31. The van der Waals surface area contributed by atoms with Gasteiger partial charge in [-0.05, 0) is 50.6 Å². The van der Waals surface area contributed by atoms with Crippen LogP contribution in [-0.4, -0.2) is 47.4 Å².